The molecule has 17 heteroatoms. The number of piperidine rings is 1. The van der Waals surface area contributed by atoms with Crippen LogP contribution < -0.4 is 19.7 Å². The van der Waals surface area contributed by atoms with Gasteiger partial charge in [-0.05, 0) is 49.9 Å². The van der Waals surface area contributed by atoms with Crippen molar-refractivity contribution in [2.45, 2.75) is 55.7 Å². The molecule has 0 bridgehead atoms. The van der Waals surface area contributed by atoms with E-state index in [2.05, 4.69) is 14.8 Å². The molecule has 12 nitrogen and oxygen atoms in total. The third-order valence-corrected chi connectivity index (χ3v) is 9.23. The first-order valence-electron chi connectivity index (χ1n) is 12.8. The molecule has 1 saturated carbocycles. The molecule has 3 N–H and O–H groups in total. The van der Waals surface area contributed by atoms with Gasteiger partial charge in [-0.25, -0.2) is 8.42 Å². The topological polar surface area (TPSA) is 162 Å². The van der Waals surface area contributed by atoms with E-state index in [4.69, 9.17) is 11.6 Å². The molecule has 3 amide bonds. The Morgan fingerprint density at radius 3 is 2.52 bits per heavy atom. The summed E-state index contributed by atoms with van der Waals surface area (Å²) in [6.45, 7) is -4.62. The summed E-state index contributed by atoms with van der Waals surface area (Å²) in [6.07, 6.45) is 2.27. The van der Waals surface area contributed by atoms with Crippen LogP contribution in [0.5, 0.6) is 5.75 Å². The number of nitrogens with one attached hydrogen (secondary N) is 2. The van der Waals surface area contributed by atoms with Gasteiger partial charge in [0.05, 0.1) is 14.9 Å². The highest BCUT2D eigenvalue weighted by Crippen LogP contribution is 2.38. The first-order chi connectivity index (χ1) is 19.9. The minimum Gasteiger partial charge on any atom is -0.480 e. The second kappa shape index (κ2) is 13.3. The second-order valence-electron chi connectivity index (χ2n) is 9.56. The van der Waals surface area contributed by atoms with Crippen LogP contribution in [0.4, 0.5) is 14.5 Å². The number of benzene rings is 1. The minimum absolute atomic E-state index is 0.135. The van der Waals surface area contributed by atoms with E-state index in [1.165, 1.54) is 24.3 Å². The second-order valence-corrected chi connectivity index (χ2v) is 13.0. The van der Waals surface area contributed by atoms with E-state index in [-0.39, 0.29) is 23.5 Å². The maximum atomic E-state index is 13.7. The summed E-state index contributed by atoms with van der Waals surface area (Å²) in [5.74, 6) is -4.14. The molecule has 1 aromatic carbocycles. The Kier molecular flexibility index (Phi) is 10.0. The number of thiophene rings is 1. The van der Waals surface area contributed by atoms with Crippen LogP contribution in [0.2, 0.25) is 4.34 Å². The van der Waals surface area contributed by atoms with Crippen molar-refractivity contribution < 1.29 is 46.2 Å². The van der Waals surface area contributed by atoms with E-state index in [1.807, 2.05) is 0 Å². The fourth-order valence-electron chi connectivity index (χ4n) is 4.46. The number of aliphatic carboxylic acids is 1. The van der Waals surface area contributed by atoms with Crippen LogP contribution in [0.25, 0.3) is 0 Å². The Hall–Kier alpha value is -3.34. The fraction of sp³-hybridized carbons (Fsp3) is 0.440. The number of ether oxygens (including phenoxy) is 1. The molecule has 1 saturated heterocycles. The van der Waals surface area contributed by atoms with E-state index in [1.54, 1.807) is 0 Å². The number of halogens is 3. The van der Waals surface area contributed by atoms with Crippen molar-refractivity contribution in [1.82, 2.24) is 14.9 Å². The fourth-order valence-corrected chi connectivity index (χ4v) is 6.76. The summed E-state index contributed by atoms with van der Waals surface area (Å²) in [4.78, 5) is 51.7. The number of alkyl halides is 2. The molecule has 2 aliphatic rings. The lowest BCUT2D eigenvalue weighted by Crippen LogP contribution is -2.55. The monoisotopic (exact) mass is 648 g/mol. The molecule has 1 aliphatic heterocycles. The number of rotatable bonds is 13. The van der Waals surface area contributed by atoms with Gasteiger partial charge in [-0.15, -0.1) is 11.3 Å². The van der Waals surface area contributed by atoms with Crippen molar-refractivity contribution >= 4 is 62.3 Å². The van der Waals surface area contributed by atoms with Crippen LogP contribution in [0, 0.1) is 0 Å². The van der Waals surface area contributed by atoms with E-state index >= 15 is 0 Å². The van der Waals surface area contributed by atoms with Crippen LogP contribution in [0.1, 0.15) is 41.8 Å². The molecule has 1 unspecified atom stereocenters. The summed E-state index contributed by atoms with van der Waals surface area (Å²) in [6, 6.07) is 4.21. The quantitative estimate of drug-likeness (QED) is 0.299. The number of sulfonamides is 1. The van der Waals surface area contributed by atoms with Crippen LogP contribution >= 0.6 is 22.9 Å². The van der Waals surface area contributed by atoms with Gasteiger partial charge < -0.3 is 25.0 Å². The zero-order chi connectivity index (χ0) is 30.6. The molecule has 228 valence electrons. The van der Waals surface area contributed by atoms with Crippen molar-refractivity contribution in [2.75, 3.05) is 24.5 Å². The lowest BCUT2D eigenvalue weighted by Gasteiger charge is -2.30. The number of nitrogens with zero attached hydrogens (tertiary/aromatic N) is 2. The van der Waals surface area contributed by atoms with Crippen LogP contribution in [0.3, 0.4) is 0 Å². The summed E-state index contributed by atoms with van der Waals surface area (Å²) in [5.41, 5.74) is -0.181. The molecule has 1 aromatic heterocycles. The number of hydrogen-bond donors (Lipinski definition) is 3. The normalized spacial score (nSPS) is 16.3. The number of carboxylic acid groups (broad SMARTS) is 1. The number of para-hydroxylation sites is 1. The molecular weight excluding hydrogens is 622 g/mol. The molecule has 1 aliphatic carbocycles. The lowest BCUT2D eigenvalue weighted by molar-refractivity contribution is -0.145. The molecule has 2 aromatic rings. The maximum absolute atomic E-state index is 13.7. The van der Waals surface area contributed by atoms with E-state index < -0.39 is 76.1 Å². The largest absolute Gasteiger partial charge is 0.480 e. The first-order valence-corrected chi connectivity index (χ1v) is 15.5. The Morgan fingerprint density at radius 1 is 1.19 bits per heavy atom. The predicted molar refractivity (Wildman–Crippen MR) is 147 cm³/mol. The maximum Gasteiger partial charge on any atom is 0.387 e. The van der Waals surface area contributed by atoms with Crippen LogP contribution in [0.15, 0.2) is 35.2 Å². The SMILES string of the molecule is O=C(O)CN(C(=O)C(CNC(=O)c1ccc(Cl)s1)NS(=O)(=O)c1cccc(N2CCCCC2=O)c1OC(F)F)C1CC1. The van der Waals surface area contributed by atoms with Gasteiger partial charge in [-0.1, -0.05) is 17.7 Å². The van der Waals surface area contributed by atoms with Crippen molar-refractivity contribution in [1.29, 1.82) is 0 Å². The van der Waals surface area contributed by atoms with Gasteiger partial charge in [-0.2, -0.15) is 13.5 Å². The van der Waals surface area contributed by atoms with Crippen molar-refractivity contribution in [3.05, 3.63) is 39.5 Å². The van der Waals surface area contributed by atoms with Crippen molar-refractivity contribution in [3.8, 4) is 5.75 Å². The van der Waals surface area contributed by atoms with Gasteiger partial charge in [0, 0.05) is 25.6 Å². The molecule has 0 radical (unpaired) electrons. The zero-order valence-corrected chi connectivity index (χ0v) is 24.3. The van der Waals surface area contributed by atoms with Gasteiger partial charge in [-0.3, -0.25) is 19.2 Å². The van der Waals surface area contributed by atoms with E-state index in [0.29, 0.717) is 30.0 Å². The van der Waals surface area contributed by atoms with E-state index in [9.17, 15) is 41.5 Å². The third kappa shape index (κ3) is 7.73. The molecule has 2 heterocycles. The first kappa shape index (κ1) is 31.6. The summed E-state index contributed by atoms with van der Waals surface area (Å²) >= 11 is 6.81. The Morgan fingerprint density at radius 2 is 1.93 bits per heavy atom. The molecule has 1 atom stereocenters. The highest BCUT2D eigenvalue weighted by molar-refractivity contribution is 7.89. The Labute approximate surface area is 248 Å². The highest BCUT2D eigenvalue weighted by Gasteiger charge is 2.40. The Bertz CT molecular complexity index is 1470. The van der Waals surface area contributed by atoms with Crippen molar-refractivity contribution in [3.63, 3.8) is 0 Å². The predicted octanol–water partition coefficient (Wildman–Crippen LogP) is 2.67. The molecule has 0 spiro atoms. The smallest absolute Gasteiger partial charge is 0.387 e. The summed E-state index contributed by atoms with van der Waals surface area (Å²) < 4.78 is 61.4. The van der Waals surface area contributed by atoms with Crippen molar-refractivity contribution in [2.24, 2.45) is 0 Å². The number of hydrogen-bond acceptors (Lipinski definition) is 8. The third-order valence-electron chi connectivity index (χ3n) is 6.50. The number of amides is 3. The van der Waals surface area contributed by atoms with Gasteiger partial charge in [0.2, 0.25) is 21.8 Å². The van der Waals surface area contributed by atoms with Gasteiger partial charge in [0.15, 0.2) is 5.75 Å². The average Bonchev–Trinajstić information content (AvgIpc) is 3.68. The number of carboxylic acids is 1. The minimum atomic E-state index is -4.85. The highest BCUT2D eigenvalue weighted by atomic mass is 35.5. The number of carbonyl (C=O) groups excluding carboxylic acids is 3. The number of anilines is 1. The average molecular weight is 649 g/mol. The zero-order valence-electron chi connectivity index (χ0n) is 21.9. The van der Waals surface area contributed by atoms with Crippen LogP contribution in [-0.4, -0.2) is 80.4 Å². The summed E-state index contributed by atoms with van der Waals surface area (Å²) in [5, 5.41) is 11.8. The number of carbonyl (C=O) groups is 4. The standard InChI is InChI=1S/C25H27ClF2N4O8S2/c26-19-10-9-17(41-19)23(36)29-12-15(24(37)32(13-21(34)35)14-7-8-14)30-42(38,39)18-5-3-4-16(22(18)40-25(27)28)31-11-2-1-6-20(31)33/h3-5,9-10,14-15,25,30H,1-2,6-8,11-13H2,(H,29,36)(H,34,35). The van der Waals surface area contributed by atoms with Gasteiger partial charge in [0.1, 0.15) is 17.5 Å². The Balaban J connectivity index is 1.68. The molecule has 4 rings (SSSR count). The van der Waals surface area contributed by atoms with Gasteiger partial charge >= 0.3 is 12.6 Å². The van der Waals surface area contributed by atoms with Crippen LogP contribution in [-0.2, 0) is 24.4 Å². The van der Waals surface area contributed by atoms with E-state index in [0.717, 1.165) is 27.2 Å². The van der Waals surface area contributed by atoms with Gasteiger partial charge in [0.25, 0.3) is 5.91 Å². The molecule has 42 heavy (non-hydrogen) atoms. The molecule has 2 fully saturated rings. The summed E-state index contributed by atoms with van der Waals surface area (Å²) in [7, 11) is -4.85. The molecular formula is C25H27ClF2N4O8S2. The lowest BCUT2D eigenvalue weighted by atomic mass is 10.1.